The summed E-state index contributed by atoms with van der Waals surface area (Å²) in [5, 5.41) is 5.70. The number of nitrogens with zero attached hydrogens (tertiary/aromatic N) is 3. The summed E-state index contributed by atoms with van der Waals surface area (Å²) in [6.07, 6.45) is 4.75. The van der Waals surface area contributed by atoms with Crippen molar-refractivity contribution >= 4 is 33.2 Å². The summed E-state index contributed by atoms with van der Waals surface area (Å²) in [7, 11) is -3.80. The lowest BCUT2D eigenvalue weighted by molar-refractivity contribution is -0.125. The second kappa shape index (κ2) is 10.5. The van der Waals surface area contributed by atoms with Crippen LogP contribution in [0.15, 0.2) is 47.6 Å². The van der Waals surface area contributed by atoms with Crippen LogP contribution in [0.1, 0.15) is 51.3 Å². The zero-order valence-electron chi connectivity index (χ0n) is 21.5. The first-order chi connectivity index (χ1) is 17.4. The molecule has 1 saturated carbocycles. The normalized spacial score (nSPS) is 18.1. The average Bonchev–Trinajstić information content (AvgIpc) is 3.48. The first-order valence-electron chi connectivity index (χ1n) is 12.3. The maximum atomic E-state index is 13.0. The molecule has 198 valence electrons. The van der Waals surface area contributed by atoms with Crippen LogP contribution in [0.3, 0.4) is 0 Å². The zero-order valence-corrected chi connectivity index (χ0v) is 22.3. The second-order valence-electron chi connectivity index (χ2n) is 10.5. The number of carbonyl (C=O) groups is 2. The third-order valence-corrected chi connectivity index (χ3v) is 7.95. The summed E-state index contributed by atoms with van der Waals surface area (Å²) in [5.74, 6) is 0.0127. The first kappa shape index (κ1) is 26.6. The maximum absolute atomic E-state index is 13.0. The average molecular weight is 528 g/mol. The van der Waals surface area contributed by atoms with Crippen molar-refractivity contribution in [1.29, 1.82) is 0 Å². The summed E-state index contributed by atoms with van der Waals surface area (Å²) in [6.45, 7) is 8.00. The summed E-state index contributed by atoms with van der Waals surface area (Å²) in [4.78, 5) is 33.6. The van der Waals surface area contributed by atoms with Gasteiger partial charge in [-0.2, -0.15) is 0 Å². The van der Waals surface area contributed by atoms with Crippen LogP contribution >= 0.6 is 0 Å². The lowest BCUT2D eigenvalue weighted by atomic mass is 10.0. The van der Waals surface area contributed by atoms with Crippen molar-refractivity contribution in [2.24, 2.45) is 11.8 Å². The summed E-state index contributed by atoms with van der Waals surface area (Å²) >= 11 is 0. The Bertz CT molecular complexity index is 1390. The molecular formula is C26H33N5O5S. The number of ether oxygens (including phenoxy) is 1. The third-order valence-electron chi connectivity index (χ3n) is 6.27. The Hall–Kier alpha value is -3.47. The molecule has 1 aromatic carbocycles. The van der Waals surface area contributed by atoms with E-state index < -0.39 is 21.7 Å². The smallest absolute Gasteiger partial charge is 0.407 e. The molecule has 1 aliphatic rings. The Morgan fingerprint density at radius 1 is 1.11 bits per heavy atom. The number of hydrogen-bond donors (Lipinski definition) is 2. The molecule has 0 bridgehead atoms. The Labute approximate surface area is 216 Å². The van der Waals surface area contributed by atoms with E-state index >= 15 is 0 Å². The van der Waals surface area contributed by atoms with Crippen molar-refractivity contribution in [2.75, 3.05) is 6.54 Å². The quantitative estimate of drug-likeness (QED) is 0.480. The summed E-state index contributed by atoms with van der Waals surface area (Å²) < 4.78 is 32.5. The van der Waals surface area contributed by atoms with E-state index in [1.165, 1.54) is 12.4 Å². The van der Waals surface area contributed by atoms with Crippen molar-refractivity contribution in [3.63, 3.8) is 0 Å². The van der Waals surface area contributed by atoms with E-state index in [2.05, 4.69) is 20.6 Å². The molecule has 0 unspecified atom stereocenters. The number of carbonyl (C=O) groups excluding carboxylic acids is 2. The molecule has 0 spiro atoms. The van der Waals surface area contributed by atoms with Crippen LogP contribution in [0.5, 0.6) is 0 Å². The first-order valence-corrected chi connectivity index (χ1v) is 13.8. The molecule has 0 saturated heterocycles. The summed E-state index contributed by atoms with van der Waals surface area (Å²) in [6, 6.07) is 8.22. The molecule has 11 heteroatoms. The molecule has 0 radical (unpaired) electrons. The minimum absolute atomic E-state index is 0.0683. The van der Waals surface area contributed by atoms with Gasteiger partial charge in [-0.05, 0) is 71.1 Å². The van der Waals surface area contributed by atoms with E-state index in [0.29, 0.717) is 24.2 Å². The minimum atomic E-state index is -3.80. The fourth-order valence-corrected chi connectivity index (χ4v) is 5.69. The largest absolute Gasteiger partial charge is 0.444 e. The maximum Gasteiger partial charge on any atom is 0.407 e. The van der Waals surface area contributed by atoms with E-state index in [-0.39, 0.29) is 34.8 Å². The van der Waals surface area contributed by atoms with Crippen LogP contribution < -0.4 is 10.6 Å². The van der Waals surface area contributed by atoms with Gasteiger partial charge in [0.1, 0.15) is 11.1 Å². The molecule has 3 aromatic rings. The van der Waals surface area contributed by atoms with Crippen LogP contribution in [-0.4, -0.2) is 46.5 Å². The van der Waals surface area contributed by atoms with Gasteiger partial charge in [-0.1, -0.05) is 17.7 Å². The second-order valence-corrected chi connectivity index (χ2v) is 12.3. The summed E-state index contributed by atoms with van der Waals surface area (Å²) in [5.41, 5.74) is 1.61. The zero-order chi connectivity index (χ0) is 26.8. The number of fused-ring (bicyclic) bond motifs is 1. The van der Waals surface area contributed by atoms with Gasteiger partial charge in [-0.15, -0.1) is 0 Å². The third kappa shape index (κ3) is 6.46. The van der Waals surface area contributed by atoms with E-state index in [9.17, 15) is 18.0 Å². The molecular weight excluding hydrogens is 494 g/mol. The van der Waals surface area contributed by atoms with E-state index in [0.717, 1.165) is 22.4 Å². The van der Waals surface area contributed by atoms with E-state index in [1.807, 2.05) is 27.7 Å². The lowest BCUT2D eigenvalue weighted by Crippen LogP contribution is -2.35. The molecule has 1 fully saturated rings. The molecule has 2 aromatic heterocycles. The molecule has 10 nitrogen and oxygen atoms in total. The molecule has 2 heterocycles. The van der Waals surface area contributed by atoms with Crippen LogP contribution in [0.4, 0.5) is 4.79 Å². The number of hydrogen-bond acceptors (Lipinski definition) is 7. The highest BCUT2D eigenvalue weighted by atomic mass is 32.2. The molecule has 2 amide bonds. The number of aromatic nitrogens is 3. The topological polar surface area (TPSA) is 132 Å². The number of alkyl carbamates (subject to hydrolysis) is 1. The SMILES string of the molecule is Cc1ccc(S(=O)(=O)n2ccc3nc(CNC(=O)[C@@H]4CC[C@@H](CNC(=O)OC(C)(C)C)C4)cnc32)cc1. The highest BCUT2D eigenvalue weighted by Crippen LogP contribution is 2.30. The van der Waals surface area contributed by atoms with Crippen molar-refractivity contribution in [2.45, 2.75) is 64.0 Å². The Morgan fingerprint density at radius 2 is 1.84 bits per heavy atom. The number of benzene rings is 1. The predicted molar refractivity (Wildman–Crippen MR) is 138 cm³/mol. The number of amides is 2. The van der Waals surface area contributed by atoms with Crippen LogP contribution in [0, 0.1) is 18.8 Å². The van der Waals surface area contributed by atoms with Gasteiger partial charge in [0.05, 0.1) is 23.3 Å². The van der Waals surface area contributed by atoms with Crippen molar-refractivity contribution in [3.8, 4) is 0 Å². The number of aryl methyl sites for hydroxylation is 1. The number of nitrogens with one attached hydrogen (secondary N) is 2. The van der Waals surface area contributed by atoms with Crippen LogP contribution in [0.2, 0.25) is 0 Å². The molecule has 0 aliphatic heterocycles. The molecule has 2 N–H and O–H groups in total. The van der Waals surface area contributed by atoms with Crippen molar-refractivity contribution in [3.05, 3.63) is 54.0 Å². The molecule has 1 aliphatic carbocycles. The Kier molecular flexibility index (Phi) is 7.54. The van der Waals surface area contributed by atoms with Gasteiger partial charge in [0.25, 0.3) is 10.0 Å². The van der Waals surface area contributed by atoms with Gasteiger partial charge in [-0.3, -0.25) is 4.79 Å². The van der Waals surface area contributed by atoms with E-state index in [4.69, 9.17) is 4.74 Å². The highest BCUT2D eigenvalue weighted by molar-refractivity contribution is 7.90. The number of rotatable bonds is 7. The van der Waals surface area contributed by atoms with Gasteiger partial charge in [0.15, 0.2) is 5.65 Å². The van der Waals surface area contributed by atoms with Gasteiger partial charge >= 0.3 is 6.09 Å². The molecule has 4 rings (SSSR count). The lowest BCUT2D eigenvalue weighted by Gasteiger charge is -2.20. The van der Waals surface area contributed by atoms with Gasteiger partial charge in [0, 0.05) is 18.7 Å². The Balaban J connectivity index is 1.32. The fraction of sp³-hybridized carbons (Fsp3) is 0.462. The molecule has 37 heavy (non-hydrogen) atoms. The van der Waals surface area contributed by atoms with Gasteiger partial charge in [0.2, 0.25) is 5.91 Å². The fourth-order valence-electron chi connectivity index (χ4n) is 4.39. The monoisotopic (exact) mass is 527 g/mol. The molecule has 2 atom stereocenters. The standard InChI is InChI=1S/C26H33N5O5S/c1-17-5-9-21(10-6-17)37(34,35)31-12-11-22-23(31)27-15-20(30-22)16-28-24(32)19-8-7-18(13-19)14-29-25(33)36-26(2,3)4/h5-6,9-12,15,18-19H,7-8,13-14,16H2,1-4H3,(H,28,32)(H,29,33)/t18-,19-/m1/s1. The minimum Gasteiger partial charge on any atom is -0.444 e. The van der Waals surface area contributed by atoms with Crippen LogP contribution in [0.25, 0.3) is 11.2 Å². The van der Waals surface area contributed by atoms with Crippen molar-refractivity contribution in [1.82, 2.24) is 24.6 Å². The van der Waals surface area contributed by atoms with Crippen LogP contribution in [-0.2, 0) is 26.1 Å². The predicted octanol–water partition coefficient (Wildman–Crippen LogP) is 3.53. The Morgan fingerprint density at radius 3 is 2.54 bits per heavy atom. The van der Waals surface area contributed by atoms with Gasteiger partial charge < -0.3 is 15.4 Å². The van der Waals surface area contributed by atoms with Crippen molar-refractivity contribution < 1.29 is 22.7 Å². The van der Waals surface area contributed by atoms with E-state index in [1.54, 1.807) is 30.3 Å². The highest BCUT2D eigenvalue weighted by Gasteiger charge is 2.30. The van der Waals surface area contributed by atoms with Gasteiger partial charge in [-0.25, -0.2) is 27.2 Å².